The Hall–Kier alpha value is -6.64. The van der Waals surface area contributed by atoms with Gasteiger partial charge in [-0.1, -0.05) is 140 Å². The van der Waals surface area contributed by atoms with Gasteiger partial charge < -0.3 is 8.98 Å². The van der Waals surface area contributed by atoms with Crippen LogP contribution in [0.4, 0.5) is 0 Å². The van der Waals surface area contributed by atoms with Gasteiger partial charge in [0.05, 0.1) is 16.4 Å². The molecular weight excluding hydrogens is 619 g/mol. The fourth-order valence-corrected chi connectivity index (χ4v) is 8.90. The Labute approximate surface area is 295 Å². The Morgan fingerprint density at radius 1 is 0.373 bits per heavy atom. The second-order valence-electron chi connectivity index (χ2n) is 13.7. The highest BCUT2D eigenvalue weighted by Gasteiger charge is 2.46. The third-order valence-corrected chi connectivity index (χ3v) is 11.1. The SMILES string of the molecule is c1ccc(-n2c3ccccc3c3ccc(-c4ccc5c(c4)oc4cc6c(cc45)-c4ccccc4C6(c4ccccc4)c4ccccc4)cc32)cc1. The number of aromatic nitrogens is 1. The lowest BCUT2D eigenvalue weighted by Crippen LogP contribution is -2.28. The topological polar surface area (TPSA) is 18.1 Å². The first-order valence-electron chi connectivity index (χ1n) is 17.6. The average Bonchev–Trinajstić information content (AvgIpc) is 3.83. The molecule has 0 atom stereocenters. The predicted octanol–water partition coefficient (Wildman–Crippen LogP) is 12.7. The van der Waals surface area contributed by atoms with E-state index in [2.05, 4.69) is 193 Å². The highest BCUT2D eigenvalue weighted by molar-refractivity contribution is 6.11. The molecule has 0 N–H and O–H groups in total. The third-order valence-electron chi connectivity index (χ3n) is 11.1. The van der Waals surface area contributed by atoms with Crippen LogP contribution < -0.4 is 0 Å². The number of hydrogen-bond acceptors (Lipinski definition) is 1. The monoisotopic (exact) mass is 649 g/mol. The van der Waals surface area contributed by atoms with Gasteiger partial charge in [-0.15, -0.1) is 0 Å². The molecule has 2 heteroatoms. The fourth-order valence-electron chi connectivity index (χ4n) is 8.90. The number of fused-ring (bicyclic) bond motifs is 9. The van der Waals surface area contributed by atoms with Crippen molar-refractivity contribution >= 4 is 43.7 Å². The van der Waals surface area contributed by atoms with Gasteiger partial charge in [-0.3, -0.25) is 0 Å². The van der Waals surface area contributed by atoms with Crippen molar-refractivity contribution in [1.82, 2.24) is 4.57 Å². The number of benzene rings is 8. The van der Waals surface area contributed by atoms with E-state index in [1.165, 1.54) is 55.2 Å². The van der Waals surface area contributed by atoms with Crippen LogP contribution in [0.15, 0.2) is 192 Å². The van der Waals surface area contributed by atoms with Gasteiger partial charge in [-0.25, -0.2) is 0 Å². The quantitative estimate of drug-likeness (QED) is 0.186. The molecule has 51 heavy (non-hydrogen) atoms. The molecular formula is C49H31NO. The van der Waals surface area contributed by atoms with Gasteiger partial charge in [-0.2, -0.15) is 0 Å². The number of nitrogens with zero attached hydrogens (tertiary/aromatic N) is 1. The Morgan fingerprint density at radius 3 is 1.73 bits per heavy atom. The maximum absolute atomic E-state index is 6.83. The van der Waals surface area contributed by atoms with Gasteiger partial charge in [0.15, 0.2) is 0 Å². The standard InChI is InChI=1S/C49H31NO/c1-4-14-34(15-5-1)49(35-16-6-2-7-17-35)43-22-12-10-20-37(43)41-30-42-40-27-25-33(29-47(40)51-48(42)31-44(41)49)32-24-26-39-38-21-11-13-23-45(38)50(46(39)28-32)36-18-8-3-9-19-36/h1-31H. The minimum absolute atomic E-state index is 0.459. The van der Waals surface area contributed by atoms with Crippen molar-refractivity contribution < 1.29 is 4.42 Å². The van der Waals surface area contributed by atoms with Crippen molar-refractivity contribution in [2.24, 2.45) is 0 Å². The summed E-state index contributed by atoms with van der Waals surface area (Å²) in [5.74, 6) is 0. The summed E-state index contributed by atoms with van der Waals surface area (Å²) in [7, 11) is 0. The number of para-hydroxylation sites is 2. The first-order valence-corrected chi connectivity index (χ1v) is 17.6. The van der Waals surface area contributed by atoms with Crippen molar-refractivity contribution in [3.05, 3.63) is 210 Å². The van der Waals surface area contributed by atoms with Crippen LogP contribution in [0.3, 0.4) is 0 Å². The lowest BCUT2D eigenvalue weighted by atomic mass is 9.67. The second kappa shape index (κ2) is 10.7. The van der Waals surface area contributed by atoms with E-state index in [0.717, 1.165) is 38.8 Å². The molecule has 0 saturated heterocycles. The van der Waals surface area contributed by atoms with Crippen molar-refractivity contribution in [2.75, 3.05) is 0 Å². The summed E-state index contributed by atoms with van der Waals surface area (Å²) in [5, 5.41) is 4.78. The molecule has 10 aromatic rings. The van der Waals surface area contributed by atoms with E-state index >= 15 is 0 Å². The van der Waals surface area contributed by atoms with Crippen LogP contribution in [-0.2, 0) is 5.41 Å². The Balaban J connectivity index is 1.12. The summed E-state index contributed by atoms with van der Waals surface area (Å²) in [5.41, 5.74) is 14.8. The molecule has 0 radical (unpaired) electrons. The lowest BCUT2D eigenvalue weighted by Gasteiger charge is -2.33. The molecule has 0 aliphatic heterocycles. The molecule has 2 heterocycles. The van der Waals surface area contributed by atoms with Gasteiger partial charge in [0.25, 0.3) is 0 Å². The minimum atomic E-state index is -0.459. The minimum Gasteiger partial charge on any atom is -0.456 e. The van der Waals surface area contributed by atoms with E-state index in [1.54, 1.807) is 0 Å². The van der Waals surface area contributed by atoms with E-state index in [0.29, 0.717) is 0 Å². The van der Waals surface area contributed by atoms with E-state index in [1.807, 2.05) is 0 Å². The van der Waals surface area contributed by atoms with E-state index in [-0.39, 0.29) is 0 Å². The average molecular weight is 650 g/mol. The summed E-state index contributed by atoms with van der Waals surface area (Å²) in [6.07, 6.45) is 0. The van der Waals surface area contributed by atoms with Crippen LogP contribution in [0.1, 0.15) is 22.3 Å². The van der Waals surface area contributed by atoms with Crippen LogP contribution in [0, 0.1) is 0 Å². The molecule has 2 nitrogen and oxygen atoms in total. The molecule has 0 bridgehead atoms. The zero-order valence-electron chi connectivity index (χ0n) is 27.8. The second-order valence-corrected chi connectivity index (χ2v) is 13.7. The third kappa shape index (κ3) is 3.93. The van der Waals surface area contributed by atoms with Crippen LogP contribution in [0.2, 0.25) is 0 Å². The molecule has 0 saturated carbocycles. The molecule has 0 unspecified atom stereocenters. The Kier molecular flexibility index (Phi) is 5.91. The summed E-state index contributed by atoms with van der Waals surface area (Å²) >= 11 is 0. The number of hydrogen-bond donors (Lipinski definition) is 0. The van der Waals surface area contributed by atoms with Crippen molar-refractivity contribution in [2.45, 2.75) is 5.41 Å². The highest BCUT2D eigenvalue weighted by Crippen LogP contribution is 2.57. The van der Waals surface area contributed by atoms with Crippen LogP contribution in [0.5, 0.6) is 0 Å². The number of furan rings is 1. The van der Waals surface area contributed by atoms with E-state index in [4.69, 9.17) is 4.42 Å². The van der Waals surface area contributed by atoms with Gasteiger partial charge in [0.1, 0.15) is 11.2 Å². The highest BCUT2D eigenvalue weighted by atomic mass is 16.3. The van der Waals surface area contributed by atoms with Crippen LogP contribution in [0.25, 0.3) is 71.7 Å². The molecule has 0 fully saturated rings. The molecule has 0 spiro atoms. The maximum Gasteiger partial charge on any atom is 0.136 e. The Morgan fingerprint density at radius 2 is 0.961 bits per heavy atom. The predicted molar refractivity (Wildman–Crippen MR) is 211 cm³/mol. The van der Waals surface area contributed by atoms with Crippen molar-refractivity contribution in [3.8, 4) is 27.9 Å². The molecule has 1 aliphatic rings. The first kappa shape index (κ1) is 28.2. The summed E-state index contributed by atoms with van der Waals surface area (Å²) in [6, 6.07) is 68.3. The summed E-state index contributed by atoms with van der Waals surface area (Å²) < 4.78 is 9.20. The summed E-state index contributed by atoms with van der Waals surface area (Å²) in [6.45, 7) is 0. The van der Waals surface area contributed by atoms with Gasteiger partial charge in [0, 0.05) is 27.2 Å². The first-order chi connectivity index (χ1) is 25.3. The van der Waals surface area contributed by atoms with E-state index < -0.39 is 5.41 Å². The van der Waals surface area contributed by atoms with Gasteiger partial charge >= 0.3 is 0 Å². The largest absolute Gasteiger partial charge is 0.456 e. The number of rotatable bonds is 4. The zero-order valence-corrected chi connectivity index (χ0v) is 27.8. The Bertz CT molecular complexity index is 2910. The van der Waals surface area contributed by atoms with Gasteiger partial charge in [0.2, 0.25) is 0 Å². The molecule has 238 valence electrons. The molecule has 11 rings (SSSR count). The normalized spacial score (nSPS) is 13.3. The zero-order chi connectivity index (χ0) is 33.5. The summed E-state index contributed by atoms with van der Waals surface area (Å²) in [4.78, 5) is 0. The molecule has 0 amide bonds. The van der Waals surface area contributed by atoms with Crippen molar-refractivity contribution in [3.63, 3.8) is 0 Å². The van der Waals surface area contributed by atoms with Crippen LogP contribution >= 0.6 is 0 Å². The molecule has 8 aromatic carbocycles. The van der Waals surface area contributed by atoms with Crippen molar-refractivity contribution in [1.29, 1.82) is 0 Å². The smallest absolute Gasteiger partial charge is 0.136 e. The van der Waals surface area contributed by atoms with Gasteiger partial charge in [-0.05, 0) is 93.0 Å². The fraction of sp³-hybridized carbons (Fsp3) is 0.0204. The molecule has 2 aromatic heterocycles. The van der Waals surface area contributed by atoms with E-state index in [9.17, 15) is 0 Å². The van der Waals surface area contributed by atoms with Crippen LogP contribution in [-0.4, -0.2) is 4.57 Å². The molecule has 1 aliphatic carbocycles. The lowest BCUT2D eigenvalue weighted by molar-refractivity contribution is 0.666. The maximum atomic E-state index is 6.83.